The molecule has 2 heterocycles. The SMILES string of the molecule is O=C(Nc1cc(C(=O)N(Cc2cccc(F)c2)CC2CCCO2)ccc1Cl)c1cccs1. The molecule has 0 saturated carbocycles. The number of thiophene rings is 1. The molecule has 3 aromatic rings. The molecule has 0 aliphatic carbocycles. The van der Waals surface area contributed by atoms with E-state index < -0.39 is 0 Å². The van der Waals surface area contributed by atoms with Gasteiger partial charge in [-0.25, -0.2) is 4.39 Å². The minimum Gasteiger partial charge on any atom is -0.376 e. The van der Waals surface area contributed by atoms with Crippen LogP contribution < -0.4 is 5.32 Å². The Hall–Kier alpha value is -2.74. The molecule has 1 fully saturated rings. The monoisotopic (exact) mass is 472 g/mol. The molecule has 8 heteroatoms. The zero-order valence-corrected chi connectivity index (χ0v) is 18.8. The van der Waals surface area contributed by atoms with Gasteiger partial charge in [0.25, 0.3) is 11.8 Å². The molecule has 1 atom stereocenters. The number of carbonyl (C=O) groups excluding carboxylic acids is 2. The van der Waals surface area contributed by atoms with E-state index in [9.17, 15) is 14.0 Å². The Morgan fingerprint density at radius 3 is 2.78 bits per heavy atom. The molecule has 1 aromatic heterocycles. The average molecular weight is 473 g/mol. The highest BCUT2D eigenvalue weighted by atomic mass is 35.5. The predicted molar refractivity (Wildman–Crippen MR) is 124 cm³/mol. The van der Waals surface area contributed by atoms with Gasteiger partial charge in [0.05, 0.1) is 21.7 Å². The molecule has 166 valence electrons. The summed E-state index contributed by atoms with van der Waals surface area (Å²) in [5.74, 6) is -0.882. The molecular formula is C24H22ClFN2O3S. The lowest BCUT2D eigenvalue weighted by atomic mass is 10.1. The number of hydrogen-bond acceptors (Lipinski definition) is 4. The Morgan fingerprint density at radius 2 is 2.06 bits per heavy atom. The van der Waals surface area contributed by atoms with Crippen LogP contribution >= 0.6 is 22.9 Å². The van der Waals surface area contributed by atoms with Crippen molar-refractivity contribution >= 4 is 40.4 Å². The van der Waals surface area contributed by atoms with Crippen LogP contribution in [0.3, 0.4) is 0 Å². The lowest BCUT2D eigenvalue weighted by Gasteiger charge is -2.26. The summed E-state index contributed by atoms with van der Waals surface area (Å²) in [6.45, 7) is 1.32. The van der Waals surface area contributed by atoms with Crippen LogP contribution in [0.4, 0.5) is 10.1 Å². The Balaban J connectivity index is 1.57. The Labute approximate surface area is 194 Å². The molecule has 0 bridgehead atoms. The number of rotatable bonds is 7. The molecule has 2 aromatic carbocycles. The Morgan fingerprint density at radius 1 is 1.19 bits per heavy atom. The number of nitrogens with zero attached hydrogens (tertiary/aromatic N) is 1. The van der Waals surface area contributed by atoms with E-state index in [4.69, 9.17) is 16.3 Å². The van der Waals surface area contributed by atoms with Crippen molar-refractivity contribution in [3.05, 3.63) is 86.8 Å². The lowest BCUT2D eigenvalue weighted by molar-refractivity contribution is 0.0507. The Kier molecular flexibility index (Phi) is 7.19. The molecule has 4 rings (SSSR count). The highest BCUT2D eigenvalue weighted by molar-refractivity contribution is 7.12. The maximum absolute atomic E-state index is 13.7. The first-order valence-electron chi connectivity index (χ1n) is 10.3. The van der Waals surface area contributed by atoms with Crippen molar-refractivity contribution in [1.82, 2.24) is 4.90 Å². The van der Waals surface area contributed by atoms with Crippen molar-refractivity contribution in [1.29, 1.82) is 0 Å². The standard InChI is InChI=1S/C24H22ClFN2O3S/c25-20-9-8-17(13-21(20)27-23(29)22-7-3-11-32-22)24(30)28(15-19-6-2-10-31-19)14-16-4-1-5-18(26)12-16/h1,3-5,7-9,11-13,19H,2,6,10,14-15H2,(H,27,29). The van der Waals surface area contributed by atoms with Crippen molar-refractivity contribution in [3.8, 4) is 0 Å². The van der Waals surface area contributed by atoms with Crippen LogP contribution in [0.2, 0.25) is 5.02 Å². The number of ether oxygens (including phenoxy) is 1. The molecular weight excluding hydrogens is 451 g/mol. The summed E-state index contributed by atoms with van der Waals surface area (Å²) in [6.07, 6.45) is 1.76. The van der Waals surface area contributed by atoms with Gasteiger partial charge in [0.2, 0.25) is 0 Å². The van der Waals surface area contributed by atoms with E-state index in [2.05, 4.69) is 5.32 Å². The van der Waals surface area contributed by atoms with Gasteiger partial charge in [-0.2, -0.15) is 0 Å². The zero-order valence-electron chi connectivity index (χ0n) is 17.2. The van der Waals surface area contributed by atoms with Gasteiger partial charge in [0.15, 0.2) is 0 Å². The van der Waals surface area contributed by atoms with E-state index in [0.717, 1.165) is 12.8 Å². The predicted octanol–water partition coefficient (Wildman–Crippen LogP) is 5.61. The summed E-state index contributed by atoms with van der Waals surface area (Å²) in [5, 5.41) is 4.92. The maximum Gasteiger partial charge on any atom is 0.265 e. The van der Waals surface area contributed by atoms with Gasteiger partial charge in [-0.1, -0.05) is 29.8 Å². The third kappa shape index (κ3) is 5.54. The second-order valence-electron chi connectivity index (χ2n) is 7.58. The largest absolute Gasteiger partial charge is 0.376 e. The first kappa shape index (κ1) is 22.5. The highest BCUT2D eigenvalue weighted by Gasteiger charge is 2.24. The molecule has 0 spiro atoms. The molecule has 1 aliphatic rings. The van der Waals surface area contributed by atoms with E-state index in [1.165, 1.54) is 23.5 Å². The quantitative estimate of drug-likeness (QED) is 0.486. The van der Waals surface area contributed by atoms with Gasteiger partial charge < -0.3 is 15.0 Å². The fourth-order valence-corrected chi connectivity index (χ4v) is 4.42. The van der Waals surface area contributed by atoms with E-state index in [-0.39, 0.29) is 30.3 Å². The van der Waals surface area contributed by atoms with Crippen molar-refractivity contribution < 1.29 is 18.7 Å². The Bertz CT molecular complexity index is 1100. The molecule has 1 N–H and O–H groups in total. The van der Waals surface area contributed by atoms with E-state index in [1.807, 2.05) is 5.38 Å². The molecule has 1 saturated heterocycles. The summed E-state index contributed by atoms with van der Waals surface area (Å²) >= 11 is 7.59. The van der Waals surface area contributed by atoms with Crippen LogP contribution in [0.15, 0.2) is 60.0 Å². The van der Waals surface area contributed by atoms with Gasteiger partial charge in [-0.3, -0.25) is 9.59 Å². The van der Waals surface area contributed by atoms with Crippen LogP contribution in [-0.2, 0) is 11.3 Å². The number of benzene rings is 2. The van der Waals surface area contributed by atoms with Crippen LogP contribution in [0, 0.1) is 5.82 Å². The summed E-state index contributed by atoms with van der Waals surface area (Å²) in [7, 11) is 0. The molecule has 1 unspecified atom stereocenters. The zero-order chi connectivity index (χ0) is 22.5. The van der Waals surface area contributed by atoms with Gasteiger partial charge >= 0.3 is 0 Å². The van der Waals surface area contributed by atoms with Gasteiger partial charge in [0.1, 0.15) is 5.82 Å². The van der Waals surface area contributed by atoms with Crippen molar-refractivity contribution in [2.45, 2.75) is 25.5 Å². The molecule has 2 amide bonds. The second-order valence-corrected chi connectivity index (χ2v) is 8.93. The summed E-state index contributed by atoms with van der Waals surface area (Å²) < 4.78 is 19.4. The van der Waals surface area contributed by atoms with E-state index in [0.29, 0.717) is 39.9 Å². The maximum atomic E-state index is 13.7. The number of halogens is 2. The van der Waals surface area contributed by atoms with Gasteiger partial charge in [-0.15, -0.1) is 11.3 Å². The van der Waals surface area contributed by atoms with Crippen LogP contribution in [-0.4, -0.2) is 36.0 Å². The summed E-state index contributed by atoms with van der Waals surface area (Å²) in [5.41, 5.74) is 1.43. The van der Waals surface area contributed by atoms with E-state index >= 15 is 0 Å². The minimum atomic E-state index is -0.350. The number of nitrogens with one attached hydrogen (secondary N) is 1. The third-order valence-electron chi connectivity index (χ3n) is 5.20. The van der Waals surface area contributed by atoms with Gasteiger partial charge in [-0.05, 0) is 60.2 Å². The number of hydrogen-bond donors (Lipinski definition) is 1. The first-order valence-corrected chi connectivity index (χ1v) is 11.5. The first-order chi connectivity index (χ1) is 15.5. The fourth-order valence-electron chi connectivity index (χ4n) is 3.64. The molecule has 5 nitrogen and oxygen atoms in total. The fraction of sp³-hybridized carbons (Fsp3) is 0.250. The van der Waals surface area contributed by atoms with Crippen LogP contribution in [0.25, 0.3) is 0 Å². The van der Waals surface area contributed by atoms with Crippen molar-refractivity contribution in [2.75, 3.05) is 18.5 Å². The van der Waals surface area contributed by atoms with Crippen LogP contribution in [0.5, 0.6) is 0 Å². The van der Waals surface area contributed by atoms with Gasteiger partial charge in [0, 0.05) is 25.3 Å². The van der Waals surface area contributed by atoms with Crippen LogP contribution in [0.1, 0.15) is 38.4 Å². The lowest BCUT2D eigenvalue weighted by Crippen LogP contribution is -2.37. The normalized spacial score (nSPS) is 15.5. The van der Waals surface area contributed by atoms with E-state index in [1.54, 1.807) is 47.4 Å². The summed E-state index contributed by atoms with van der Waals surface area (Å²) in [4.78, 5) is 28.1. The number of anilines is 1. The smallest absolute Gasteiger partial charge is 0.265 e. The van der Waals surface area contributed by atoms with Crippen molar-refractivity contribution in [2.24, 2.45) is 0 Å². The third-order valence-corrected chi connectivity index (χ3v) is 6.40. The van der Waals surface area contributed by atoms with Crippen molar-refractivity contribution in [3.63, 3.8) is 0 Å². The highest BCUT2D eigenvalue weighted by Crippen LogP contribution is 2.26. The second kappa shape index (κ2) is 10.3. The number of amides is 2. The average Bonchev–Trinajstić information content (AvgIpc) is 3.49. The molecule has 32 heavy (non-hydrogen) atoms. The topological polar surface area (TPSA) is 58.6 Å². The molecule has 0 radical (unpaired) electrons. The minimum absolute atomic E-state index is 0.0576. The molecule has 1 aliphatic heterocycles. The summed E-state index contributed by atoms with van der Waals surface area (Å²) in [6, 6.07) is 14.5. The number of carbonyl (C=O) groups is 2.